The largest absolute Gasteiger partial charge is 0.497 e. The van der Waals surface area contributed by atoms with Gasteiger partial charge in [-0.3, -0.25) is 4.79 Å². The van der Waals surface area contributed by atoms with Gasteiger partial charge in [-0.2, -0.15) is 0 Å². The molecule has 7 nitrogen and oxygen atoms in total. The highest BCUT2D eigenvalue weighted by atomic mass is 32.2. The standard InChI is InChI=1S/C23H28N4O3S/c1-5-20(22(28)24-17-11-8-7-9-12-17)31-23-26-25-21(27(23)6-2)16(3)30-19-14-10-13-18(15-19)29-4/h7-16,20H,5-6H2,1-4H3,(H,24,28). The Balaban J connectivity index is 1.72. The first-order valence-electron chi connectivity index (χ1n) is 10.3. The average Bonchev–Trinajstić information content (AvgIpc) is 3.20. The van der Waals surface area contributed by atoms with Crippen LogP contribution < -0.4 is 14.8 Å². The van der Waals surface area contributed by atoms with E-state index in [4.69, 9.17) is 9.47 Å². The van der Waals surface area contributed by atoms with Crippen molar-refractivity contribution < 1.29 is 14.3 Å². The monoisotopic (exact) mass is 440 g/mol. The van der Waals surface area contributed by atoms with Gasteiger partial charge in [-0.25, -0.2) is 0 Å². The number of ether oxygens (including phenoxy) is 2. The van der Waals surface area contributed by atoms with Gasteiger partial charge in [0.2, 0.25) is 5.91 Å². The predicted molar refractivity (Wildman–Crippen MR) is 123 cm³/mol. The summed E-state index contributed by atoms with van der Waals surface area (Å²) in [5, 5.41) is 12.1. The molecule has 0 aliphatic carbocycles. The molecule has 8 heteroatoms. The van der Waals surface area contributed by atoms with Crippen LogP contribution in [-0.2, 0) is 11.3 Å². The number of carbonyl (C=O) groups excluding carboxylic acids is 1. The Morgan fingerprint density at radius 2 is 1.84 bits per heavy atom. The maximum absolute atomic E-state index is 12.8. The molecule has 0 fully saturated rings. The number of nitrogens with one attached hydrogen (secondary N) is 1. The van der Waals surface area contributed by atoms with Gasteiger partial charge in [0, 0.05) is 18.3 Å². The summed E-state index contributed by atoms with van der Waals surface area (Å²) >= 11 is 1.42. The summed E-state index contributed by atoms with van der Waals surface area (Å²) in [5.41, 5.74) is 0.782. The van der Waals surface area contributed by atoms with Crippen molar-refractivity contribution in [3.8, 4) is 11.5 Å². The van der Waals surface area contributed by atoms with E-state index < -0.39 is 0 Å². The Bertz CT molecular complexity index is 993. The van der Waals surface area contributed by atoms with Crippen molar-refractivity contribution in [2.75, 3.05) is 12.4 Å². The van der Waals surface area contributed by atoms with Gasteiger partial charge in [0.1, 0.15) is 11.5 Å². The molecule has 1 amide bonds. The number of hydrogen-bond donors (Lipinski definition) is 1. The fourth-order valence-corrected chi connectivity index (χ4v) is 4.14. The van der Waals surface area contributed by atoms with Gasteiger partial charge < -0.3 is 19.4 Å². The molecule has 1 heterocycles. The van der Waals surface area contributed by atoms with E-state index in [0.29, 0.717) is 29.7 Å². The number of para-hydroxylation sites is 1. The van der Waals surface area contributed by atoms with E-state index >= 15 is 0 Å². The van der Waals surface area contributed by atoms with Crippen LogP contribution in [0.25, 0.3) is 0 Å². The molecule has 0 aliphatic heterocycles. The van der Waals surface area contributed by atoms with E-state index in [0.717, 1.165) is 11.4 Å². The lowest BCUT2D eigenvalue weighted by Crippen LogP contribution is -2.25. The molecule has 0 radical (unpaired) electrons. The first-order chi connectivity index (χ1) is 15.0. The van der Waals surface area contributed by atoms with Crippen molar-refractivity contribution in [3.05, 3.63) is 60.4 Å². The van der Waals surface area contributed by atoms with Crippen molar-refractivity contribution in [3.63, 3.8) is 0 Å². The van der Waals surface area contributed by atoms with Crippen LogP contribution in [0.15, 0.2) is 59.8 Å². The Morgan fingerprint density at radius 1 is 1.10 bits per heavy atom. The summed E-state index contributed by atoms with van der Waals surface area (Å²) in [6, 6.07) is 16.9. The molecule has 0 aliphatic rings. The summed E-state index contributed by atoms with van der Waals surface area (Å²) in [5.74, 6) is 2.09. The third-order valence-corrected chi connectivity index (χ3v) is 6.08. The van der Waals surface area contributed by atoms with Gasteiger partial charge in [-0.15, -0.1) is 10.2 Å². The number of carbonyl (C=O) groups is 1. The molecule has 1 aromatic heterocycles. The molecule has 0 saturated heterocycles. The quantitative estimate of drug-likeness (QED) is 0.449. The molecule has 3 aromatic rings. The second-order valence-electron chi connectivity index (χ2n) is 6.89. The first-order valence-corrected chi connectivity index (χ1v) is 11.2. The number of hydrogen-bond acceptors (Lipinski definition) is 6. The van der Waals surface area contributed by atoms with Crippen LogP contribution in [0.5, 0.6) is 11.5 Å². The highest BCUT2D eigenvalue weighted by Gasteiger charge is 2.24. The molecule has 2 atom stereocenters. The lowest BCUT2D eigenvalue weighted by Gasteiger charge is -2.17. The molecule has 0 saturated carbocycles. The number of thioether (sulfide) groups is 1. The number of nitrogens with zero attached hydrogens (tertiary/aromatic N) is 3. The predicted octanol–water partition coefficient (Wildman–Crippen LogP) is 4.96. The molecule has 3 rings (SSSR count). The van der Waals surface area contributed by atoms with Gasteiger partial charge >= 0.3 is 0 Å². The lowest BCUT2D eigenvalue weighted by molar-refractivity contribution is -0.115. The van der Waals surface area contributed by atoms with Gasteiger partial charge in [0.05, 0.1) is 12.4 Å². The molecular weight excluding hydrogens is 412 g/mol. The molecule has 164 valence electrons. The van der Waals surface area contributed by atoms with E-state index in [2.05, 4.69) is 15.5 Å². The molecule has 2 aromatic carbocycles. The van der Waals surface area contributed by atoms with E-state index in [1.807, 2.05) is 79.9 Å². The lowest BCUT2D eigenvalue weighted by atomic mass is 10.3. The Labute approximate surface area is 187 Å². The Hall–Kier alpha value is -3.00. The van der Waals surface area contributed by atoms with Crippen molar-refractivity contribution in [2.45, 2.75) is 50.2 Å². The number of aromatic nitrogens is 3. The van der Waals surface area contributed by atoms with Crippen LogP contribution in [0.3, 0.4) is 0 Å². The van der Waals surface area contributed by atoms with Crippen molar-refractivity contribution in [1.29, 1.82) is 0 Å². The van der Waals surface area contributed by atoms with Crippen LogP contribution >= 0.6 is 11.8 Å². The normalized spacial score (nSPS) is 12.8. The fourth-order valence-electron chi connectivity index (χ4n) is 3.11. The zero-order chi connectivity index (χ0) is 22.2. The molecule has 0 bridgehead atoms. The minimum Gasteiger partial charge on any atom is -0.497 e. The molecule has 31 heavy (non-hydrogen) atoms. The summed E-state index contributed by atoms with van der Waals surface area (Å²) in [6.45, 7) is 6.63. The zero-order valence-corrected chi connectivity index (χ0v) is 19.1. The van der Waals surface area contributed by atoms with Crippen LogP contribution in [0, 0.1) is 0 Å². The van der Waals surface area contributed by atoms with E-state index in [9.17, 15) is 4.79 Å². The topological polar surface area (TPSA) is 78.3 Å². The Kier molecular flexibility index (Phi) is 7.94. The summed E-state index contributed by atoms with van der Waals surface area (Å²) in [4.78, 5) is 12.8. The van der Waals surface area contributed by atoms with Crippen LogP contribution in [0.2, 0.25) is 0 Å². The van der Waals surface area contributed by atoms with E-state index in [1.165, 1.54) is 11.8 Å². The summed E-state index contributed by atoms with van der Waals surface area (Å²) in [7, 11) is 1.62. The second-order valence-corrected chi connectivity index (χ2v) is 8.06. The van der Waals surface area contributed by atoms with Crippen LogP contribution in [0.1, 0.15) is 39.1 Å². The number of amides is 1. The van der Waals surface area contributed by atoms with Crippen LogP contribution in [-0.4, -0.2) is 33.0 Å². The highest BCUT2D eigenvalue weighted by molar-refractivity contribution is 8.00. The number of methoxy groups -OCH3 is 1. The minimum absolute atomic E-state index is 0.0495. The molecular formula is C23H28N4O3S. The fraction of sp³-hybridized carbons (Fsp3) is 0.348. The maximum atomic E-state index is 12.8. The molecule has 2 unspecified atom stereocenters. The molecule has 1 N–H and O–H groups in total. The molecule has 0 spiro atoms. The average molecular weight is 441 g/mol. The third-order valence-electron chi connectivity index (χ3n) is 4.73. The SMILES string of the molecule is CCC(Sc1nnc(C(C)Oc2cccc(OC)c2)n1CC)C(=O)Nc1ccccc1. The van der Waals surface area contributed by atoms with Gasteiger partial charge in [-0.05, 0) is 44.5 Å². The third kappa shape index (κ3) is 5.79. The van der Waals surface area contributed by atoms with Gasteiger partial charge in [0.25, 0.3) is 0 Å². The number of benzene rings is 2. The highest BCUT2D eigenvalue weighted by Crippen LogP contribution is 2.29. The van der Waals surface area contributed by atoms with Crippen LogP contribution in [0.4, 0.5) is 5.69 Å². The summed E-state index contributed by atoms with van der Waals surface area (Å²) < 4.78 is 13.3. The first kappa shape index (κ1) is 22.7. The summed E-state index contributed by atoms with van der Waals surface area (Å²) in [6.07, 6.45) is 0.359. The van der Waals surface area contributed by atoms with E-state index in [-0.39, 0.29) is 17.3 Å². The van der Waals surface area contributed by atoms with Crippen molar-refractivity contribution >= 4 is 23.4 Å². The number of anilines is 1. The minimum atomic E-state index is -0.313. The number of rotatable bonds is 10. The van der Waals surface area contributed by atoms with Crippen molar-refractivity contribution in [1.82, 2.24) is 14.8 Å². The van der Waals surface area contributed by atoms with Gasteiger partial charge in [-0.1, -0.05) is 43.0 Å². The van der Waals surface area contributed by atoms with E-state index in [1.54, 1.807) is 7.11 Å². The smallest absolute Gasteiger partial charge is 0.237 e. The second kappa shape index (κ2) is 10.9. The van der Waals surface area contributed by atoms with Gasteiger partial charge in [0.15, 0.2) is 17.1 Å². The maximum Gasteiger partial charge on any atom is 0.237 e. The Morgan fingerprint density at radius 3 is 2.52 bits per heavy atom. The zero-order valence-electron chi connectivity index (χ0n) is 18.2. The van der Waals surface area contributed by atoms with Crippen molar-refractivity contribution in [2.24, 2.45) is 0 Å².